The first-order valence-corrected chi connectivity index (χ1v) is 11.7. The van der Waals surface area contributed by atoms with Gasteiger partial charge in [0.15, 0.2) is 23.1 Å². The molecule has 0 unspecified atom stereocenters. The normalized spacial score (nSPS) is 13.6. The van der Waals surface area contributed by atoms with E-state index in [4.69, 9.17) is 10.2 Å². The van der Waals surface area contributed by atoms with Crippen molar-refractivity contribution in [2.75, 3.05) is 5.73 Å². The van der Waals surface area contributed by atoms with Gasteiger partial charge in [-0.05, 0) is 30.3 Å². The number of fused-ring (bicyclic) bond motifs is 4. The number of hydrogen-bond donors (Lipinski definition) is 1. The van der Waals surface area contributed by atoms with Gasteiger partial charge in [0.1, 0.15) is 0 Å². The van der Waals surface area contributed by atoms with E-state index in [2.05, 4.69) is 10.2 Å². The smallest absolute Gasteiger partial charge is 0.250 e. The van der Waals surface area contributed by atoms with E-state index in [1.165, 1.54) is 6.07 Å². The molecule has 0 fully saturated rings. The van der Waals surface area contributed by atoms with Crippen LogP contribution in [0.15, 0.2) is 83.3 Å². The number of anilines is 1. The highest BCUT2D eigenvalue weighted by molar-refractivity contribution is 6.31. The van der Waals surface area contributed by atoms with Gasteiger partial charge in [0.05, 0.1) is 16.8 Å². The van der Waals surface area contributed by atoms with Crippen LogP contribution < -0.4 is 5.73 Å². The summed E-state index contributed by atoms with van der Waals surface area (Å²) < 4.78 is 5.89. The van der Waals surface area contributed by atoms with Crippen LogP contribution in [0.25, 0.3) is 22.9 Å². The van der Waals surface area contributed by atoms with Gasteiger partial charge in [0, 0.05) is 44.5 Å². The number of nitrogen functional groups attached to an aromatic ring is 1. The topological polar surface area (TPSA) is 133 Å². The third kappa shape index (κ3) is 2.91. The molecule has 0 atom stereocenters. The van der Waals surface area contributed by atoms with Crippen LogP contribution in [0.2, 0.25) is 0 Å². The number of hydrogen-bond acceptors (Lipinski definition) is 8. The molecule has 2 aliphatic carbocycles. The van der Waals surface area contributed by atoms with E-state index < -0.39 is 0 Å². The monoisotopic (exact) mass is 497 g/mol. The molecule has 0 bridgehead atoms. The number of rotatable bonds is 2. The van der Waals surface area contributed by atoms with Gasteiger partial charge in [-0.25, -0.2) is 0 Å². The van der Waals surface area contributed by atoms with Gasteiger partial charge in [-0.2, -0.15) is 0 Å². The van der Waals surface area contributed by atoms with Crippen LogP contribution in [0.3, 0.4) is 0 Å². The molecule has 4 aromatic carbocycles. The van der Waals surface area contributed by atoms with Crippen molar-refractivity contribution in [1.29, 1.82) is 0 Å². The van der Waals surface area contributed by atoms with Crippen molar-refractivity contribution in [3.8, 4) is 22.9 Å². The SMILES string of the molecule is Nc1c(-c2nnc(-c3ccc4c(c3)C(=O)c3ccccc3C4=O)o2)ccc2c1C(=O)c1ccccc1C2=O. The summed E-state index contributed by atoms with van der Waals surface area (Å²) in [5, 5.41) is 8.20. The Kier molecular flexibility index (Phi) is 4.44. The molecule has 2 N–H and O–H groups in total. The molecule has 7 rings (SSSR count). The van der Waals surface area contributed by atoms with E-state index in [1.54, 1.807) is 72.8 Å². The van der Waals surface area contributed by atoms with Gasteiger partial charge in [0.2, 0.25) is 11.8 Å². The van der Waals surface area contributed by atoms with E-state index in [0.29, 0.717) is 33.4 Å². The van der Waals surface area contributed by atoms with Crippen molar-refractivity contribution in [3.63, 3.8) is 0 Å². The first-order valence-electron chi connectivity index (χ1n) is 11.7. The average molecular weight is 497 g/mol. The maximum absolute atomic E-state index is 13.2. The van der Waals surface area contributed by atoms with Crippen LogP contribution in [0.4, 0.5) is 5.69 Å². The Morgan fingerprint density at radius 2 is 0.974 bits per heavy atom. The van der Waals surface area contributed by atoms with Crippen molar-refractivity contribution in [3.05, 3.63) is 123 Å². The van der Waals surface area contributed by atoms with E-state index >= 15 is 0 Å². The van der Waals surface area contributed by atoms with Crippen molar-refractivity contribution in [2.45, 2.75) is 0 Å². The fourth-order valence-corrected chi connectivity index (χ4v) is 5.08. The van der Waals surface area contributed by atoms with E-state index in [9.17, 15) is 19.2 Å². The van der Waals surface area contributed by atoms with Gasteiger partial charge >= 0.3 is 0 Å². The lowest BCUT2D eigenvalue weighted by Crippen LogP contribution is -2.22. The molecule has 0 spiro atoms. The van der Waals surface area contributed by atoms with Crippen molar-refractivity contribution in [2.24, 2.45) is 0 Å². The summed E-state index contributed by atoms with van der Waals surface area (Å²) in [6.07, 6.45) is 0. The lowest BCUT2D eigenvalue weighted by atomic mass is 9.82. The van der Waals surface area contributed by atoms with Crippen LogP contribution in [0, 0.1) is 0 Å². The minimum absolute atomic E-state index is 0.0462. The Labute approximate surface area is 214 Å². The number of ketones is 4. The summed E-state index contributed by atoms with van der Waals surface area (Å²) in [7, 11) is 0. The Morgan fingerprint density at radius 1 is 0.500 bits per heavy atom. The molecule has 8 heteroatoms. The summed E-state index contributed by atoms with van der Waals surface area (Å²) in [5.74, 6) is -0.978. The van der Waals surface area contributed by atoms with Gasteiger partial charge in [-0.1, -0.05) is 48.5 Å². The minimum Gasteiger partial charge on any atom is -0.416 e. The van der Waals surface area contributed by atoms with E-state index in [-0.39, 0.29) is 62.9 Å². The molecular weight excluding hydrogens is 482 g/mol. The van der Waals surface area contributed by atoms with Crippen molar-refractivity contribution < 1.29 is 23.6 Å². The molecule has 1 heterocycles. The highest BCUT2D eigenvalue weighted by atomic mass is 16.4. The molecular formula is C30H15N3O5. The highest BCUT2D eigenvalue weighted by Crippen LogP contribution is 2.37. The minimum atomic E-state index is -0.354. The fraction of sp³-hybridized carbons (Fsp3) is 0. The van der Waals surface area contributed by atoms with Crippen LogP contribution in [0.5, 0.6) is 0 Å². The molecule has 8 nitrogen and oxygen atoms in total. The molecule has 0 amide bonds. The second-order valence-corrected chi connectivity index (χ2v) is 9.03. The third-order valence-corrected chi connectivity index (χ3v) is 6.96. The number of aromatic nitrogens is 2. The number of benzene rings is 4. The Balaban J connectivity index is 1.29. The average Bonchev–Trinajstić information content (AvgIpc) is 3.44. The summed E-state index contributed by atoms with van der Waals surface area (Å²) in [5.41, 5.74) is 9.40. The molecule has 1 aromatic heterocycles. The number of nitrogens with two attached hydrogens (primary N) is 1. The number of carbonyl (C=O) groups is 4. The second-order valence-electron chi connectivity index (χ2n) is 9.03. The van der Waals surface area contributed by atoms with Crippen molar-refractivity contribution >= 4 is 28.8 Å². The molecule has 2 aliphatic rings. The quantitative estimate of drug-likeness (QED) is 0.344. The predicted molar refractivity (Wildman–Crippen MR) is 136 cm³/mol. The Hall–Kier alpha value is -5.50. The van der Waals surface area contributed by atoms with E-state index in [0.717, 1.165) is 0 Å². The zero-order valence-electron chi connectivity index (χ0n) is 19.5. The summed E-state index contributed by atoms with van der Waals surface area (Å²) >= 11 is 0. The Morgan fingerprint density at radius 3 is 1.63 bits per heavy atom. The van der Waals surface area contributed by atoms with Gasteiger partial charge in [-0.15, -0.1) is 10.2 Å². The second kappa shape index (κ2) is 7.75. The summed E-state index contributed by atoms with van der Waals surface area (Å²) in [6.45, 7) is 0. The zero-order valence-corrected chi connectivity index (χ0v) is 19.5. The van der Waals surface area contributed by atoms with Gasteiger partial charge in [-0.3, -0.25) is 19.2 Å². The van der Waals surface area contributed by atoms with Crippen molar-refractivity contribution in [1.82, 2.24) is 10.2 Å². The zero-order chi connectivity index (χ0) is 26.1. The molecule has 38 heavy (non-hydrogen) atoms. The lowest BCUT2D eigenvalue weighted by Gasteiger charge is -2.19. The molecule has 0 aliphatic heterocycles. The largest absolute Gasteiger partial charge is 0.416 e. The number of nitrogens with zero attached hydrogens (tertiary/aromatic N) is 2. The summed E-state index contributed by atoms with van der Waals surface area (Å²) in [6, 6.07) is 21.1. The first-order chi connectivity index (χ1) is 18.4. The first kappa shape index (κ1) is 21.8. The molecule has 0 saturated heterocycles. The molecule has 180 valence electrons. The number of carbonyl (C=O) groups excluding carboxylic acids is 4. The Bertz CT molecular complexity index is 1920. The van der Waals surface area contributed by atoms with Crippen LogP contribution in [-0.4, -0.2) is 33.3 Å². The van der Waals surface area contributed by atoms with Gasteiger partial charge in [0.25, 0.3) is 0 Å². The molecule has 0 radical (unpaired) electrons. The molecule has 0 saturated carbocycles. The third-order valence-electron chi connectivity index (χ3n) is 6.96. The highest BCUT2D eigenvalue weighted by Gasteiger charge is 2.33. The van der Waals surface area contributed by atoms with Crippen LogP contribution in [0.1, 0.15) is 63.7 Å². The maximum atomic E-state index is 13.2. The van der Waals surface area contributed by atoms with Gasteiger partial charge < -0.3 is 10.2 Å². The molecule has 5 aromatic rings. The van der Waals surface area contributed by atoms with E-state index in [1.807, 2.05) is 0 Å². The fourth-order valence-electron chi connectivity index (χ4n) is 5.08. The lowest BCUT2D eigenvalue weighted by molar-refractivity contribution is 0.0979. The van der Waals surface area contributed by atoms with Crippen LogP contribution >= 0.6 is 0 Å². The standard InChI is InChI=1S/C30H15N3O5/c31-24-21(12-11-20-23(24)28(37)18-8-4-3-7-17(18)26(20)35)30-33-32-29(38-30)14-9-10-19-22(13-14)27(36)16-6-2-1-5-15(16)25(19)34/h1-13H,31H2. The van der Waals surface area contributed by atoms with Crippen LogP contribution in [-0.2, 0) is 0 Å². The predicted octanol–water partition coefficient (Wildman–Crippen LogP) is 4.54. The summed E-state index contributed by atoms with van der Waals surface area (Å²) in [4.78, 5) is 52.2. The maximum Gasteiger partial charge on any atom is 0.250 e.